The highest BCUT2D eigenvalue weighted by Crippen LogP contribution is 2.34. The highest BCUT2D eigenvalue weighted by molar-refractivity contribution is 5.83. The molecule has 0 radical (unpaired) electrons. The van der Waals surface area contributed by atoms with Crippen molar-refractivity contribution in [2.24, 2.45) is 0 Å². The first kappa shape index (κ1) is 15.9. The van der Waals surface area contributed by atoms with Gasteiger partial charge in [0, 0.05) is 16.8 Å². The second kappa shape index (κ2) is 6.70. The summed E-state index contributed by atoms with van der Waals surface area (Å²) < 4.78 is 0. The van der Waals surface area contributed by atoms with Gasteiger partial charge in [-0.25, -0.2) is 0 Å². The lowest BCUT2D eigenvalue weighted by Gasteiger charge is -2.07. The van der Waals surface area contributed by atoms with Gasteiger partial charge in [-0.1, -0.05) is 66.7 Å². The van der Waals surface area contributed by atoms with Crippen LogP contribution in [0.25, 0.3) is 33.5 Å². The van der Waals surface area contributed by atoms with Crippen LogP contribution in [-0.4, -0.2) is 10.2 Å². The van der Waals surface area contributed by atoms with Gasteiger partial charge >= 0.3 is 0 Å². The number of benzene rings is 3. The van der Waals surface area contributed by atoms with Gasteiger partial charge < -0.3 is 0 Å². The SMILES string of the molecule is Cc1[nH]nc(-c2ccccc2)c1-c1ccc(-c2cccc(C#N)c2)cc1. The highest BCUT2D eigenvalue weighted by atomic mass is 15.1. The molecule has 0 unspecified atom stereocenters. The molecule has 0 aliphatic carbocycles. The Hall–Kier alpha value is -3.64. The van der Waals surface area contributed by atoms with E-state index < -0.39 is 0 Å². The zero-order chi connectivity index (χ0) is 17.9. The van der Waals surface area contributed by atoms with Crippen molar-refractivity contribution in [1.82, 2.24) is 10.2 Å². The normalized spacial score (nSPS) is 10.5. The number of H-pyrrole nitrogens is 1. The lowest BCUT2D eigenvalue weighted by atomic mass is 9.96. The van der Waals surface area contributed by atoms with Crippen LogP contribution in [0.1, 0.15) is 11.3 Å². The first-order valence-electron chi connectivity index (χ1n) is 8.47. The van der Waals surface area contributed by atoms with Crippen LogP contribution in [0.15, 0.2) is 78.9 Å². The third-order valence-electron chi connectivity index (χ3n) is 4.49. The molecule has 0 atom stereocenters. The van der Waals surface area contributed by atoms with Crippen molar-refractivity contribution < 1.29 is 0 Å². The molecule has 124 valence electrons. The number of hydrogen-bond donors (Lipinski definition) is 1. The van der Waals surface area contributed by atoms with E-state index >= 15 is 0 Å². The Morgan fingerprint density at radius 2 is 1.46 bits per heavy atom. The molecule has 4 rings (SSSR count). The van der Waals surface area contributed by atoms with Crippen molar-refractivity contribution >= 4 is 0 Å². The Kier molecular flexibility index (Phi) is 4.09. The van der Waals surface area contributed by atoms with Gasteiger partial charge in [0.25, 0.3) is 0 Å². The molecule has 3 heteroatoms. The zero-order valence-electron chi connectivity index (χ0n) is 14.4. The number of nitriles is 1. The van der Waals surface area contributed by atoms with E-state index in [1.54, 1.807) is 0 Å². The van der Waals surface area contributed by atoms with E-state index in [1.807, 2.05) is 49.4 Å². The first-order valence-corrected chi connectivity index (χ1v) is 8.47. The average Bonchev–Trinajstić information content (AvgIpc) is 3.10. The number of aromatic nitrogens is 2. The zero-order valence-corrected chi connectivity index (χ0v) is 14.4. The van der Waals surface area contributed by atoms with Gasteiger partial charge in [0.1, 0.15) is 5.69 Å². The van der Waals surface area contributed by atoms with Crippen molar-refractivity contribution in [1.29, 1.82) is 5.26 Å². The summed E-state index contributed by atoms with van der Waals surface area (Å²) in [5.74, 6) is 0. The van der Waals surface area contributed by atoms with Crippen LogP contribution in [0, 0.1) is 18.3 Å². The maximum absolute atomic E-state index is 9.09. The third-order valence-corrected chi connectivity index (χ3v) is 4.49. The number of aromatic amines is 1. The molecule has 3 aromatic carbocycles. The van der Waals surface area contributed by atoms with Crippen molar-refractivity contribution in [3.63, 3.8) is 0 Å². The number of nitrogens with one attached hydrogen (secondary N) is 1. The van der Waals surface area contributed by atoms with E-state index in [-0.39, 0.29) is 0 Å². The van der Waals surface area contributed by atoms with Crippen molar-refractivity contribution in [3.8, 4) is 39.6 Å². The highest BCUT2D eigenvalue weighted by Gasteiger charge is 2.14. The third kappa shape index (κ3) is 2.89. The van der Waals surface area contributed by atoms with Crippen LogP contribution in [-0.2, 0) is 0 Å². The predicted octanol–water partition coefficient (Wildman–Crippen LogP) is 5.59. The van der Waals surface area contributed by atoms with Crippen LogP contribution in [0.4, 0.5) is 0 Å². The van der Waals surface area contributed by atoms with Gasteiger partial charge in [0.05, 0.1) is 11.6 Å². The molecule has 1 heterocycles. The van der Waals surface area contributed by atoms with E-state index in [2.05, 4.69) is 52.7 Å². The summed E-state index contributed by atoms with van der Waals surface area (Å²) in [6.07, 6.45) is 0. The van der Waals surface area contributed by atoms with Gasteiger partial charge in [0.15, 0.2) is 0 Å². The van der Waals surface area contributed by atoms with Gasteiger partial charge in [-0.3, -0.25) is 5.10 Å². The van der Waals surface area contributed by atoms with Crippen LogP contribution < -0.4 is 0 Å². The minimum atomic E-state index is 0.670. The van der Waals surface area contributed by atoms with Crippen molar-refractivity contribution in [2.45, 2.75) is 6.92 Å². The van der Waals surface area contributed by atoms with E-state index in [4.69, 9.17) is 5.26 Å². The molecule has 0 spiro atoms. The monoisotopic (exact) mass is 335 g/mol. The van der Waals surface area contributed by atoms with E-state index in [0.29, 0.717) is 5.56 Å². The fourth-order valence-electron chi connectivity index (χ4n) is 3.18. The largest absolute Gasteiger partial charge is 0.282 e. The van der Waals surface area contributed by atoms with Crippen molar-refractivity contribution in [3.05, 3.63) is 90.1 Å². The molecule has 0 saturated carbocycles. The summed E-state index contributed by atoms with van der Waals surface area (Å²) in [5.41, 5.74) is 8.14. The summed E-state index contributed by atoms with van der Waals surface area (Å²) in [5, 5.41) is 16.7. The number of nitrogens with zero attached hydrogens (tertiary/aromatic N) is 2. The lowest BCUT2D eigenvalue weighted by Crippen LogP contribution is -1.85. The molecule has 0 amide bonds. The quantitative estimate of drug-likeness (QED) is 0.530. The molecule has 0 saturated heterocycles. The number of hydrogen-bond acceptors (Lipinski definition) is 2. The Morgan fingerprint density at radius 3 is 2.19 bits per heavy atom. The Labute approximate surface area is 152 Å². The fraction of sp³-hybridized carbons (Fsp3) is 0.0435. The van der Waals surface area contributed by atoms with Gasteiger partial charge in [0.2, 0.25) is 0 Å². The molecule has 1 N–H and O–H groups in total. The summed E-state index contributed by atoms with van der Waals surface area (Å²) in [6.45, 7) is 2.04. The molecule has 0 bridgehead atoms. The van der Waals surface area contributed by atoms with E-state index in [1.165, 1.54) is 0 Å². The summed E-state index contributed by atoms with van der Waals surface area (Å²) >= 11 is 0. The van der Waals surface area contributed by atoms with Crippen LogP contribution in [0.2, 0.25) is 0 Å². The Bertz CT molecular complexity index is 1080. The van der Waals surface area contributed by atoms with E-state index in [9.17, 15) is 0 Å². The minimum absolute atomic E-state index is 0.670. The van der Waals surface area contributed by atoms with Crippen LogP contribution in [0.5, 0.6) is 0 Å². The Morgan fingerprint density at radius 1 is 0.769 bits per heavy atom. The predicted molar refractivity (Wildman–Crippen MR) is 104 cm³/mol. The molecule has 3 nitrogen and oxygen atoms in total. The second-order valence-electron chi connectivity index (χ2n) is 6.21. The molecule has 0 aliphatic heterocycles. The molecular weight excluding hydrogens is 318 g/mol. The topological polar surface area (TPSA) is 52.5 Å². The average molecular weight is 335 g/mol. The molecule has 1 aromatic heterocycles. The fourth-order valence-corrected chi connectivity index (χ4v) is 3.18. The maximum atomic E-state index is 9.09. The minimum Gasteiger partial charge on any atom is -0.282 e. The summed E-state index contributed by atoms with van der Waals surface area (Å²) in [6, 6.07) is 28.4. The molecule has 0 aliphatic rings. The maximum Gasteiger partial charge on any atom is 0.100 e. The van der Waals surface area contributed by atoms with Crippen molar-refractivity contribution in [2.75, 3.05) is 0 Å². The number of aryl methyl sites for hydroxylation is 1. The van der Waals surface area contributed by atoms with Gasteiger partial charge in [-0.15, -0.1) is 0 Å². The lowest BCUT2D eigenvalue weighted by molar-refractivity contribution is 1.05. The summed E-state index contributed by atoms with van der Waals surface area (Å²) in [7, 11) is 0. The molecule has 0 fully saturated rings. The second-order valence-corrected chi connectivity index (χ2v) is 6.21. The van der Waals surface area contributed by atoms with Crippen LogP contribution in [0.3, 0.4) is 0 Å². The molecule has 4 aromatic rings. The number of rotatable bonds is 3. The summed E-state index contributed by atoms with van der Waals surface area (Å²) in [4.78, 5) is 0. The molecular formula is C23H17N3. The first-order chi connectivity index (χ1) is 12.8. The molecule has 26 heavy (non-hydrogen) atoms. The standard InChI is InChI=1S/C23H17N3/c1-16-22(23(26-25-16)20-7-3-2-4-8-20)19-12-10-18(11-13-19)21-9-5-6-17(14-21)15-24/h2-14H,1H3,(H,25,26). The van der Waals surface area contributed by atoms with E-state index in [0.717, 1.165) is 39.2 Å². The van der Waals surface area contributed by atoms with Crippen LogP contribution >= 0.6 is 0 Å². The van der Waals surface area contributed by atoms with Gasteiger partial charge in [-0.2, -0.15) is 10.4 Å². The smallest absolute Gasteiger partial charge is 0.100 e. The van der Waals surface area contributed by atoms with Gasteiger partial charge in [-0.05, 0) is 35.7 Å². The Balaban J connectivity index is 1.75.